The molecule has 0 saturated carbocycles. The van der Waals surface area contributed by atoms with Gasteiger partial charge in [-0.3, -0.25) is 0 Å². The first-order valence-corrected chi connectivity index (χ1v) is 5.85. The Labute approximate surface area is 97.1 Å². The summed E-state index contributed by atoms with van der Waals surface area (Å²) in [6, 6.07) is 3.88. The molecule has 0 bridgehead atoms. The van der Waals surface area contributed by atoms with Gasteiger partial charge in [0.2, 0.25) is 0 Å². The Morgan fingerprint density at radius 1 is 1.19 bits per heavy atom. The largest absolute Gasteiger partial charge is 0.507 e. The molecular formula is C13H21NO2. The fourth-order valence-electron chi connectivity index (χ4n) is 1.67. The number of benzene rings is 1. The van der Waals surface area contributed by atoms with Crippen LogP contribution in [0.25, 0.3) is 0 Å². The first-order valence-electron chi connectivity index (χ1n) is 5.85. The lowest BCUT2D eigenvalue weighted by atomic mass is 10.0. The number of nitrogens with one attached hydrogen (secondary N) is 1. The van der Waals surface area contributed by atoms with Crippen molar-refractivity contribution >= 4 is 5.69 Å². The summed E-state index contributed by atoms with van der Waals surface area (Å²) in [6.07, 6.45) is 1.25. The summed E-state index contributed by atoms with van der Waals surface area (Å²) in [5, 5.41) is 22.3. The molecular weight excluding hydrogens is 202 g/mol. The lowest BCUT2D eigenvalue weighted by Gasteiger charge is -2.13. The molecule has 90 valence electrons. The Balaban J connectivity index is 2.93. The minimum atomic E-state index is -0.371. The van der Waals surface area contributed by atoms with Crippen LogP contribution in [0.3, 0.4) is 0 Å². The summed E-state index contributed by atoms with van der Waals surface area (Å²) in [6.45, 7) is 6.31. The zero-order chi connectivity index (χ0) is 12.1. The van der Waals surface area contributed by atoms with Crippen LogP contribution in [-0.4, -0.2) is 22.9 Å². The Kier molecular flexibility index (Phi) is 4.62. The number of aryl methyl sites for hydroxylation is 2. The van der Waals surface area contributed by atoms with Gasteiger partial charge in [-0.2, -0.15) is 0 Å². The van der Waals surface area contributed by atoms with E-state index in [2.05, 4.69) is 5.32 Å². The third-order valence-corrected chi connectivity index (χ3v) is 2.63. The fraction of sp³-hybridized carbons (Fsp3) is 0.538. The molecule has 0 aliphatic rings. The fourth-order valence-corrected chi connectivity index (χ4v) is 1.67. The van der Waals surface area contributed by atoms with Gasteiger partial charge in [0.25, 0.3) is 0 Å². The minimum Gasteiger partial charge on any atom is -0.507 e. The standard InChI is InChI=1S/C13H21NO2/c1-4-10-6-12(14-8-9(3)15)7-11(5-2)13(10)16/h6-7,9,14-16H,4-5,8H2,1-3H3. The average Bonchev–Trinajstić information content (AvgIpc) is 2.27. The van der Waals surface area contributed by atoms with Crippen LogP contribution in [0.1, 0.15) is 31.9 Å². The summed E-state index contributed by atoms with van der Waals surface area (Å²) in [7, 11) is 0. The minimum absolute atomic E-state index is 0.371. The number of aliphatic hydroxyl groups is 1. The SMILES string of the molecule is CCc1cc(NCC(C)O)cc(CC)c1O. The molecule has 3 N–H and O–H groups in total. The van der Waals surface area contributed by atoms with Gasteiger partial charge in [-0.1, -0.05) is 13.8 Å². The molecule has 1 unspecified atom stereocenters. The van der Waals surface area contributed by atoms with Crippen molar-refractivity contribution in [3.05, 3.63) is 23.3 Å². The summed E-state index contributed by atoms with van der Waals surface area (Å²) in [5.41, 5.74) is 2.87. The summed E-state index contributed by atoms with van der Waals surface area (Å²) in [5.74, 6) is 0.410. The van der Waals surface area contributed by atoms with Crippen LogP contribution >= 0.6 is 0 Å². The van der Waals surface area contributed by atoms with Crippen molar-refractivity contribution in [2.24, 2.45) is 0 Å². The first-order chi connectivity index (χ1) is 7.58. The molecule has 1 aromatic carbocycles. The maximum absolute atomic E-state index is 9.91. The van der Waals surface area contributed by atoms with Crippen molar-refractivity contribution in [1.29, 1.82) is 0 Å². The Bertz CT molecular complexity index is 323. The second kappa shape index (κ2) is 5.75. The van der Waals surface area contributed by atoms with Crippen molar-refractivity contribution in [3.8, 4) is 5.75 Å². The maximum Gasteiger partial charge on any atom is 0.122 e. The molecule has 0 amide bonds. The molecule has 3 heteroatoms. The Morgan fingerprint density at radius 3 is 2.06 bits per heavy atom. The van der Waals surface area contributed by atoms with E-state index in [4.69, 9.17) is 0 Å². The Morgan fingerprint density at radius 2 is 1.69 bits per heavy atom. The highest BCUT2D eigenvalue weighted by Crippen LogP contribution is 2.28. The van der Waals surface area contributed by atoms with Crippen LogP contribution in [0.4, 0.5) is 5.69 Å². The number of aromatic hydroxyl groups is 1. The van der Waals surface area contributed by atoms with Gasteiger partial charge in [0.05, 0.1) is 6.10 Å². The second-order valence-electron chi connectivity index (χ2n) is 4.08. The van der Waals surface area contributed by atoms with Gasteiger partial charge in [-0.05, 0) is 43.0 Å². The topological polar surface area (TPSA) is 52.5 Å². The summed E-state index contributed by atoms with van der Waals surface area (Å²) < 4.78 is 0. The molecule has 1 aromatic rings. The molecule has 16 heavy (non-hydrogen) atoms. The molecule has 0 fully saturated rings. The van der Waals surface area contributed by atoms with Gasteiger partial charge in [0.1, 0.15) is 5.75 Å². The third kappa shape index (κ3) is 3.14. The summed E-state index contributed by atoms with van der Waals surface area (Å²) in [4.78, 5) is 0. The maximum atomic E-state index is 9.91. The second-order valence-corrected chi connectivity index (χ2v) is 4.08. The van der Waals surface area contributed by atoms with Gasteiger partial charge in [-0.15, -0.1) is 0 Å². The first kappa shape index (κ1) is 12.8. The molecule has 0 heterocycles. The zero-order valence-corrected chi connectivity index (χ0v) is 10.2. The lowest BCUT2D eigenvalue weighted by molar-refractivity contribution is 0.208. The van der Waals surface area contributed by atoms with Crippen LogP contribution in [0, 0.1) is 0 Å². The van der Waals surface area contributed by atoms with Gasteiger partial charge in [-0.25, -0.2) is 0 Å². The molecule has 1 atom stereocenters. The van der Waals surface area contributed by atoms with E-state index >= 15 is 0 Å². The Hall–Kier alpha value is -1.22. The highest BCUT2D eigenvalue weighted by Gasteiger charge is 2.07. The van der Waals surface area contributed by atoms with E-state index in [0.29, 0.717) is 12.3 Å². The number of hydrogen-bond donors (Lipinski definition) is 3. The predicted molar refractivity (Wildman–Crippen MR) is 67.0 cm³/mol. The third-order valence-electron chi connectivity index (χ3n) is 2.63. The monoisotopic (exact) mass is 223 g/mol. The van der Waals surface area contributed by atoms with E-state index in [1.807, 2.05) is 26.0 Å². The molecule has 3 nitrogen and oxygen atoms in total. The van der Waals surface area contributed by atoms with Gasteiger partial charge < -0.3 is 15.5 Å². The van der Waals surface area contributed by atoms with E-state index in [0.717, 1.165) is 29.7 Å². The van der Waals surface area contributed by atoms with E-state index in [-0.39, 0.29) is 6.10 Å². The van der Waals surface area contributed by atoms with E-state index < -0.39 is 0 Å². The number of hydrogen-bond acceptors (Lipinski definition) is 3. The zero-order valence-electron chi connectivity index (χ0n) is 10.2. The lowest BCUT2D eigenvalue weighted by Crippen LogP contribution is -2.15. The van der Waals surface area contributed by atoms with Crippen LogP contribution in [0.2, 0.25) is 0 Å². The highest BCUT2D eigenvalue weighted by molar-refractivity contribution is 5.55. The quantitative estimate of drug-likeness (QED) is 0.671. The molecule has 0 aromatic heterocycles. The number of aliphatic hydroxyl groups excluding tert-OH is 1. The van der Waals surface area contributed by atoms with Crippen molar-refractivity contribution in [2.75, 3.05) is 11.9 Å². The molecule has 0 aliphatic heterocycles. The molecule has 0 saturated heterocycles. The van der Waals surface area contributed by atoms with Crippen LogP contribution in [0.5, 0.6) is 5.75 Å². The van der Waals surface area contributed by atoms with Crippen molar-refractivity contribution in [1.82, 2.24) is 0 Å². The smallest absolute Gasteiger partial charge is 0.122 e. The van der Waals surface area contributed by atoms with Gasteiger partial charge in [0, 0.05) is 12.2 Å². The molecule has 0 aliphatic carbocycles. The number of anilines is 1. The van der Waals surface area contributed by atoms with Crippen LogP contribution < -0.4 is 5.32 Å². The van der Waals surface area contributed by atoms with Crippen molar-refractivity contribution < 1.29 is 10.2 Å². The van der Waals surface area contributed by atoms with Crippen LogP contribution in [0.15, 0.2) is 12.1 Å². The van der Waals surface area contributed by atoms with Crippen LogP contribution in [-0.2, 0) is 12.8 Å². The highest BCUT2D eigenvalue weighted by atomic mass is 16.3. The van der Waals surface area contributed by atoms with Gasteiger partial charge in [0.15, 0.2) is 0 Å². The average molecular weight is 223 g/mol. The number of phenolic OH excluding ortho intramolecular Hbond substituents is 1. The molecule has 0 radical (unpaired) electrons. The van der Waals surface area contributed by atoms with E-state index in [9.17, 15) is 10.2 Å². The normalized spacial score (nSPS) is 12.5. The molecule has 1 rings (SSSR count). The summed E-state index contributed by atoms with van der Waals surface area (Å²) >= 11 is 0. The van der Waals surface area contributed by atoms with Gasteiger partial charge >= 0.3 is 0 Å². The number of phenols is 1. The van der Waals surface area contributed by atoms with Crippen molar-refractivity contribution in [3.63, 3.8) is 0 Å². The van der Waals surface area contributed by atoms with E-state index in [1.165, 1.54) is 0 Å². The van der Waals surface area contributed by atoms with Crippen molar-refractivity contribution in [2.45, 2.75) is 39.7 Å². The number of rotatable bonds is 5. The molecule has 0 spiro atoms. The van der Waals surface area contributed by atoms with E-state index in [1.54, 1.807) is 6.92 Å². The predicted octanol–water partition coefficient (Wildman–Crippen LogP) is 2.31.